The van der Waals surface area contributed by atoms with Crippen molar-refractivity contribution in [3.8, 4) is 0 Å². The van der Waals surface area contributed by atoms with E-state index in [-0.39, 0.29) is 0 Å². The number of aliphatic hydroxyl groups is 1. The molecule has 0 atom stereocenters. The fourth-order valence-electron chi connectivity index (χ4n) is 2.26. The second-order valence-electron chi connectivity index (χ2n) is 4.70. The predicted molar refractivity (Wildman–Crippen MR) is 73.6 cm³/mol. The van der Waals surface area contributed by atoms with Crippen molar-refractivity contribution in [3.63, 3.8) is 0 Å². The van der Waals surface area contributed by atoms with Gasteiger partial charge in [0.05, 0.1) is 11.9 Å². The summed E-state index contributed by atoms with van der Waals surface area (Å²) >= 11 is 0. The minimum absolute atomic E-state index is 0.303. The van der Waals surface area contributed by atoms with Crippen LogP contribution in [-0.2, 0) is 0 Å². The molecule has 1 saturated heterocycles. The Morgan fingerprint density at radius 3 is 2.56 bits per heavy atom. The molecule has 18 heavy (non-hydrogen) atoms. The lowest BCUT2D eigenvalue weighted by Crippen LogP contribution is -2.46. The highest BCUT2D eigenvalue weighted by Gasteiger charge is 2.16. The van der Waals surface area contributed by atoms with Gasteiger partial charge in [0, 0.05) is 32.8 Å². The molecule has 5 heteroatoms. The SMILES string of the molecule is Nc1ccc(N2CCN(CCCCO)CC2)cn1. The smallest absolute Gasteiger partial charge is 0.123 e. The zero-order valence-electron chi connectivity index (χ0n) is 10.8. The minimum Gasteiger partial charge on any atom is -0.396 e. The summed E-state index contributed by atoms with van der Waals surface area (Å²) in [7, 11) is 0. The van der Waals surface area contributed by atoms with E-state index in [0.717, 1.165) is 51.3 Å². The van der Waals surface area contributed by atoms with Crippen molar-refractivity contribution in [2.24, 2.45) is 0 Å². The first-order valence-electron chi connectivity index (χ1n) is 6.59. The van der Waals surface area contributed by atoms with E-state index in [4.69, 9.17) is 10.8 Å². The first kappa shape index (κ1) is 13.1. The molecule has 1 aliphatic rings. The molecule has 0 saturated carbocycles. The molecule has 0 aliphatic carbocycles. The van der Waals surface area contributed by atoms with Crippen molar-refractivity contribution in [3.05, 3.63) is 18.3 Å². The van der Waals surface area contributed by atoms with Crippen LogP contribution in [0.1, 0.15) is 12.8 Å². The van der Waals surface area contributed by atoms with Crippen LogP contribution in [0.4, 0.5) is 11.5 Å². The summed E-state index contributed by atoms with van der Waals surface area (Å²) < 4.78 is 0. The van der Waals surface area contributed by atoms with Crippen LogP contribution >= 0.6 is 0 Å². The van der Waals surface area contributed by atoms with Gasteiger partial charge in [-0.15, -0.1) is 0 Å². The third-order valence-electron chi connectivity index (χ3n) is 3.39. The molecular weight excluding hydrogens is 228 g/mol. The number of hydrogen-bond acceptors (Lipinski definition) is 5. The summed E-state index contributed by atoms with van der Waals surface area (Å²) in [5, 5.41) is 8.76. The van der Waals surface area contributed by atoms with Crippen molar-refractivity contribution < 1.29 is 5.11 Å². The Bertz CT molecular complexity index is 347. The molecule has 1 fully saturated rings. The number of nitrogens with zero attached hydrogens (tertiary/aromatic N) is 3. The number of aromatic nitrogens is 1. The third kappa shape index (κ3) is 3.58. The van der Waals surface area contributed by atoms with E-state index in [1.54, 1.807) is 0 Å². The van der Waals surface area contributed by atoms with E-state index in [1.807, 2.05) is 18.3 Å². The number of piperazine rings is 1. The Hall–Kier alpha value is -1.33. The van der Waals surface area contributed by atoms with Gasteiger partial charge >= 0.3 is 0 Å². The van der Waals surface area contributed by atoms with E-state index in [2.05, 4.69) is 14.8 Å². The Balaban J connectivity index is 1.77. The molecule has 5 nitrogen and oxygen atoms in total. The summed E-state index contributed by atoms with van der Waals surface area (Å²) in [5.74, 6) is 0.571. The summed E-state index contributed by atoms with van der Waals surface area (Å²) in [5.41, 5.74) is 6.74. The van der Waals surface area contributed by atoms with Crippen LogP contribution in [0.2, 0.25) is 0 Å². The van der Waals surface area contributed by atoms with Crippen molar-refractivity contribution in [2.45, 2.75) is 12.8 Å². The van der Waals surface area contributed by atoms with Gasteiger partial charge in [-0.05, 0) is 31.5 Å². The van der Waals surface area contributed by atoms with Crippen molar-refractivity contribution in [2.75, 3.05) is 50.0 Å². The van der Waals surface area contributed by atoms with Gasteiger partial charge in [0.2, 0.25) is 0 Å². The number of nitrogen functional groups attached to an aromatic ring is 1. The van der Waals surface area contributed by atoms with Crippen LogP contribution in [0.25, 0.3) is 0 Å². The molecular formula is C13H22N4O. The number of nitrogens with two attached hydrogens (primary N) is 1. The van der Waals surface area contributed by atoms with Crippen LogP contribution in [0.15, 0.2) is 18.3 Å². The molecule has 0 unspecified atom stereocenters. The fourth-order valence-corrected chi connectivity index (χ4v) is 2.26. The Labute approximate surface area is 108 Å². The lowest BCUT2D eigenvalue weighted by molar-refractivity contribution is 0.232. The van der Waals surface area contributed by atoms with Gasteiger partial charge in [-0.1, -0.05) is 0 Å². The number of pyridine rings is 1. The molecule has 0 bridgehead atoms. The first-order chi connectivity index (χ1) is 8.79. The molecule has 100 valence electrons. The number of unbranched alkanes of at least 4 members (excludes halogenated alkanes) is 1. The van der Waals surface area contributed by atoms with Gasteiger partial charge in [0.1, 0.15) is 5.82 Å². The van der Waals surface area contributed by atoms with E-state index >= 15 is 0 Å². The second-order valence-corrected chi connectivity index (χ2v) is 4.70. The average Bonchev–Trinajstić information content (AvgIpc) is 2.41. The van der Waals surface area contributed by atoms with Gasteiger partial charge in [-0.3, -0.25) is 4.90 Å². The van der Waals surface area contributed by atoms with Gasteiger partial charge in [-0.25, -0.2) is 4.98 Å². The van der Waals surface area contributed by atoms with Crippen LogP contribution < -0.4 is 10.6 Å². The van der Waals surface area contributed by atoms with E-state index in [1.165, 1.54) is 0 Å². The molecule has 0 radical (unpaired) electrons. The largest absolute Gasteiger partial charge is 0.396 e. The van der Waals surface area contributed by atoms with Crippen LogP contribution in [0.3, 0.4) is 0 Å². The van der Waals surface area contributed by atoms with Gasteiger partial charge in [-0.2, -0.15) is 0 Å². The molecule has 2 heterocycles. The summed E-state index contributed by atoms with van der Waals surface area (Å²) in [6.45, 7) is 5.62. The Kier molecular flexibility index (Phi) is 4.78. The monoisotopic (exact) mass is 250 g/mol. The fraction of sp³-hybridized carbons (Fsp3) is 0.615. The number of aliphatic hydroxyl groups excluding tert-OH is 1. The lowest BCUT2D eigenvalue weighted by Gasteiger charge is -2.35. The third-order valence-corrected chi connectivity index (χ3v) is 3.39. The summed E-state index contributed by atoms with van der Waals surface area (Å²) in [4.78, 5) is 8.93. The lowest BCUT2D eigenvalue weighted by atomic mass is 10.2. The minimum atomic E-state index is 0.303. The van der Waals surface area contributed by atoms with E-state index in [0.29, 0.717) is 12.4 Å². The molecule has 1 aromatic heterocycles. The molecule has 2 rings (SSSR count). The maximum absolute atomic E-state index is 8.76. The number of rotatable bonds is 5. The molecule has 0 amide bonds. The Morgan fingerprint density at radius 1 is 1.17 bits per heavy atom. The second kappa shape index (κ2) is 6.56. The molecule has 3 N–H and O–H groups in total. The number of hydrogen-bond donors (Lipinski definition) is 2. The topological polar surface area (TPSA) is 65.6 Å². The molecule has 0 spiro atoms. The molecule has 1 aromatic rings. The van der Waals surface area contributed by atoms with Gasteiger partial charge in [0.25, 0.3) is 0 Å². The van der Waals surface area contributed by atoms with Crippen LogP contribution in [0.5, 0.6) is 0 Å². The number of anilines is 2. The first-order valence-corrected chi connectivity index (χ1v) is 6.59. The van der Waals surface area contributed by atoms with Crippen LogP contribution in [-0.4, -0.2) is 54.3 Å². The summed E-state index contributed by atoms with van der Waals surface area (Å²) in [6, 6.07) is 3.88. The maximum atomic E-state index is 8.76. The van der Waals surface area contributed by atoms with Crippen LogP contribution in [0, 0.1) is 0 Å². The van der Waals surface area contributed by atoms with E-state index in [9.17, 15) is 0 Å². The van der Waals surface area contributed by atoms with Gasteiger partial charge < -0.3 is 15.7 Å². The highest BCUT2D eigenvalue weighted by molar-refractivity contribution is 5.48. The zero-order valence-corrected chi connectivity index (χ0v) is 10.8. The quantitative estimate of drug-likeness (QED) is 0.747. The highest BCUT2D eigenvalue weighted by atomic mass is 16.2. The van der Waals surface area contributed by atoms with Crippen molar-refractivity contribution in [1.29, 1.82) is 0 Å². The molecule has 0 aromatic carbocycles. The average molecular weight is 250 g/mol. The zero-order chi connectivity index (χ0) is 12.8. The molecule has 1 aliphatic heterocycles. The van der Waals surface area contributed by atoms with Crippen molar-refractivity contribution in [1.82, 2.24) is 9.88 Å². The Morgan fingerprint density at radius 2 is 1.94 bits per heavy atom. The van der Waals surface area contributed by atoms with E-state index < -0.39 is 0 Å². The predicted octanol–water partition coefficient (Wildman–Crippen LogP) is 0.558. The van der Waals surface area contributed by atoms with Gasteiger partial charge in [0.15, 0.2) is 0 Å². The highest BCUT2D eigenvalue weighted by Crippen LogP contribution is 2.16. The standard InChI is InChI=1S/C13H22N4O/c14-13-4-3-12(11-15-13)17-8-6-16(7-9-17)5-1-2-10-18/h3-4,11,18H,1-2,5-10H2,(H2,14,15). The summed E-state index contributed by atoms with van der Waals surface area (Å²) in [6.07, 6.45) is 3.83. The maximum Gasteiger partial charge on any atom is 0.123 e. The normalized spacial score (nSPS) is 17.1. The van der Waals surface area contributed by atoms with Crippen molar-refractivity contribution >= 4 is 11.5 Å².